The fraction of sp³-hybridized carbons (Fsp3) is 0.811. The third kappa shape index (κ3) is 20.5. The summed E-state index contributed by atoms with van der Waals surface area (Å²) < 4.78 is 63.5. The minimum Gasteiger partial charge on any atom is -0.390 e. The van der Waals surface area contributed by atoms with Crippen molar-refractivity contribution in [2.45, 2.75) is 149 Å². The van der Waals surface area contributed by atoms with E-state index in [9.17, 15) is 53.1 Å². The van der Waals surface area contributed by atoms with E-state index in [1.165, 1.54) is 18.4 Å². The molecule has 2 amide bonds. The summed E-state index contributed by atoms with van der Waals surface area (Å²) in [6.45, 7) is 10.9. The summed E-state index contributed by atoms with van der Waals surface area (Å²) in [7, 11) is -16.4. The highest BCUT2D eigenvalue weighted by molar-refractivity contribution is 7.99. The zero-order valence-electron chi connectivity index (χ0n) is 38.1. The summed E-state index contributed by atoms with van der Waals surface area (Å²) >= 11 is 1.73. The fourth-order valence-electron chi connectivity index (χ4n) is 5.88. The second-order valence-corrected chi connectivity index (χ2v) is 21.8. The number of nitrogens with one attached hydrogen (secondary N) is 2. The Hall–Kier alpha value is -2.15. The number of aromatic nitrogens is 4. The molecule has 0 saturated carbocycles. The largest absolute Gasteiger partial charge is 0.481 e. The zero-order chi connectivity index (χ0) is 49.2. The van der Waals surface area contributed by atoms with Crippen molar-refractivity contribution in [2.75, 3.05) is 43.5 Å². The van der Waals surface area contributed by atoms with E-state index in [0.29, 0.717) is 25.2 Å². The normalized spacial score (nSPS) is 20.4. The number of ether oxygens (including phenoxy) is 1. The summed E-state index contributed by atoms with van der Waals surface area (Å²) in [5, 5.41) is 36.1. The first-order valence-electron chi connectivity index (χ1n) is 21.5. The van der Waals surface area contributed by atoms with Gasteiger partial charge in [-0.3, -0.25) is 27.7 Å². The van der Waals surface area contributed by atoms with Crippen LogP contribution in [0.4, 0.5) is 5.82 Å². The number of aliphatic hydroxyl groups is 3. The minimum absolute atomic E-state index is 0.000493. The van der Waals surface area contributed by atoms with Gasteiger partial charge in [-0.25, -0.2) is 28.6 Å². The molecule has 0 bridgehead atoms. The molecule has 3 rings (SSSR count). The van der Waals surface area contributed by atoms with E-state index in [4.69, 9.17) is 29.1 Å². The third-order valence-corrected chi connectivity index (χ3v) is 14.4. The SMILES string of the molecule is CCC(C)(O)CC.CCCCCSCCNC(=O)CCNC(=O)C(O)C(C)(C)COP(=O)(O)OP(=O)(O)OC[C@H]1O[C@@H](n2c(CCCCC)nc3c(N)ncnc32)[C@H](O)[C@@H]1OP(=O)(O)O. The van der Waals surface area contributed by atoms with Gasteiger partial charge in [0.05, 0.1) is 18.8 Å². The molecule has 3 unspecified atom stereocenters. The molecule has 2 aromatic heterocycles. The Morgan fingerprint density at radius 3 is 2.17 bits per heavy atom. The highest BCUT2D eigenvalue weighted by Crippen LogP contribution is 2.61. The van der Waals surface area contributed by atoms with Crippen LogP contribution in [0.2, 0.25) is 0 Å². The number of phosphoric ester groups is 3. The highest BCUT2D eigenvalue weighted by atomic mass is 32.2. The number of rotatable bonds is 29. The van der Waals surface area contributed by atoms with Crippen LogP contribution >= 0.6 is 35.2 Å². The van der Waals surface area contributed by atoms with Crippen molar-refractivity contribution in [1.29, 1.82) is 0 Å². The van der Waals surface area contributed by atoms with E-state index in [1.807, 2.05) is 27.7 Å². The van der Waals surface area contributed by atoms with Gasteiger partial charge in [0.2, 0.25) is 11.8 Å². The standard InChI is InChI=1S/C31H56N7O16P3S.C6H14O/c1-5-7-9-11-21-37-23-27(32)35-19-36-28(23)38(21)30-24(40)25(53-55(43,44)45)20(52-30)17-50-56(46,47)54-57(48,49)51-18-31(3,4)26(41)29(42)34-13-12-22(39)33-14-16-58-15-10-8-6-2;1-4-6(3,7)5-2/h19-20,24-26,30,40-41H,5-18H2,1-4H3,(H,33,39)(H,34,42)(H,46,47)(H,48,49)(H2,32,35,36)(H2,43,44,45);7H,4-5H2,1-3H3/t20-,24-,25-,26?,30-;/m1./s1. The second-order valence-electron chi connectivity index (χ2n) is 16.3. The van der Waals surface area contributed by atoms with Crippen molar-refractivity contribution < 1.29 is 80.8 Å². The van der Waals surface area contributed by atoms with Crippen LogP contribution in [-0.4, -0.2) is 134 Å². The molecule has 0 aliphatic carbocycles. The van der Waals surface area contributed by atoms with Crippen LogP contribution in [0.1, 0.15) is 118 Å². The van der Waals surface area contributed by atoms with Gasteiger partial charge in [0.1, 0.15) is 36.6 Å². The summed E-state index contributed by atoms with van der Waals surface area (Å²) in [5.74, 6) is 0.842. The van der Waals surface area contributed by atoms with Gasteiger partial charge in [-0.2, -0.15) is 16.1 Å². The summed E-state index contributed by atoms with van der Waals surface area (Å²) in [6, 6.07) is 0. The maximum absolute atomic E-state index is 12.9. The summed E-state index contributed by atoms with van der Waals surface area (Å²) in [5.41, 5.74) is 4.24. The number of fused-ring (bicyclic) bond motifs is 1. The van der Waals surface area contributed by atoms with Crippen molar-refractivity contribution in [2.24, 2.45) is 5.41 Å². The first kappa shape index (κ1) is 59.0. The van der Waals surface area contributed by atoms with Crippen LogP contribution in [0.15, 0.2) is 6.33 Å². The van der Waals surface area contributed by atoms with Gasteiger partial charge >= 0.3 is 23.5 Å². The minimum atomic E-state index is -5.57. The molecule has 7 atom stereocenters. The van der Waals surface area contributed by atoms with E-state index >= 15 is 0 Å². The van der Waals surface area contributed by atoms with E-state index < -0.39 is 84.2 Å². The maximum Gasteiger partial charge on any atom is 0.481 e. The topological polar surface area (TPSA) is 367 Å². The number of thioether (sulfide) groups is 1. The van der Waals surface area contributed by atoms with Crippen molar-refractivity contribution >= 4 is 64.0 Å². The van der Waals surface area contributed by atoms with Crippen LogP contribution in [0.3, 0.4) is 0 Å². The van der Waals surface area contributed by atoms with Gasteiger partial charge in [0, 0.05) is 37.1 Å². The molecule has 28 heteroatoms. The number of hydrogen-bond acceptors (Lipinski definition) is 18. The fourth-order valence-corrected chi connectivity index (χ4v) is 9.57. The lowest BCUT2D eigenvalue weighted by Gasteiger charge is -2.30. The quantitative estimate of drug-likeness (QED) is 0.0411. The molecule has 65 heavy (non-hydrogen) atoms. The molecule has 0 radical (unpaired) electrons. The number of nitrogens with two attached hydrogens (primary N) is 1. The van der Waals surface area contributed by atoms with Crippen LogP contribution in [0, 0.1) is 5.41 Å². The summed E-state index contributed by atoms with van der Waals surface area (Å²) in [6.07, 6.45) is -0.0540. The number of carbonyl (C=O) groups is 2. The first-order valence-corrected chi connectivity index (χ1v) is 27.1. The van der Waals surface area contributed by atoms with E-state index in [0.717, 1.165) is 62.8 Å². The van der Waals surface area contributed by atoms with Gasteiger partial charge < -0.3 is 56.0 Å². The molecule has 1 aliphatic rings. The average Bonchev–Trinajstić information content (AvgIpc) is 3.74. The molecular weight excluding hydrogens is 939 g/mol. The Labute approximate surface area is 384 Å². The van der Waals surface area contributed by atoms with Gasteiger partial charge in [-0.05, 0) is 38.4 Å². The van der Waals surface area contributed by atoms with E-state index in [2.05, 4.69) is 36.8 Å². The Morgan fingerprint density at radius 1 is 0.938 bits per heavy atom. The molecule has 2 aromatic rings. The van der Waals surface area contributed by atoms with Gasteiger partial charge in [-0.15, -0.1) is 0 Å². The van der Waals surface area contributed by atoms with Crippen LogP contribution < -0.4 is 16.4 Å². The predicted octanol–water partition coefficient (Wildman–Crippen LogP) is 3.62. The maximum atomic E-state index is 12.9. The van der Waals surface area contributed by atoms with Crippen LogP contribution in [0.5, 0.6) is 0 Å². The number of imidazole rings is 1. The Balaban J connectivity index is 0.00000191. The first-order chi connectivity index (χ1) is 30.2. The number of aryl methyl sites for hydroxylation is 1. The number of aliphatic hydroxyl groups excluding tert-OH is 2. The number of carbonyl (C=O) groups excluding carboxylic acids is 2. The van der Waals surface area contributed by atoms with Gasteiger partial charge in [-0.1, -0.05) is 67.2 Å². The number of hydrogen-bond donors (Lipinski definition) is 10. The summed E-state index contributed by atoms with van der Waals surface area (Å²) in [4.78, 5) is 77.0. The molecule has 24 nitrogen and oxygen atoms in total. The van der Waals surface area contributed by atoms with Crippen LogP contribution in [-0.2, 0) is 52.3 Å². The number of anilines is 1. The lowest BCUT2D eigenvalue weighted by molar-refractivity contribution is -0.137. The Bertz CT molecular complexity index is 1940. The number of nitrogen functional groups attached to an aromatic ring is 1. The van der Waals surface area contributed by atoms with Crippen LogP contribution in [0.25, 0.3) is 11.2 Å². The molecule has 0 spiro atoms. The number of phosphoric acid groups is 3. The average molecular weight is 1010 g/mol. The van der Waals surface area contributed by atoms with Gasteiger partial charge in [0.25, 0.3) is 0 Å². The van der Waals surface area contributed by atoms with Crippen molar-refractivity contribution in [3.8, 4) is 0 Å². The Kier molecular flexibility index (Phi) is 24.6. The third-order valence-electron chi connectivity index (χ3n) is 10.2. The molecule has 1 fully saturated rings. The lowest BCUT2D eigenvalue weighted by atomic mass is 9.87. The number of unbranched alkanes of at least 4 members (excludes halogenated alkanes) is 4. The van der Waals surface area contributed by atoms with Crippen molar-refractivity contribution in [3.05, 3.63) is 12.2 Å². The van der Waals surface area contributed by atoms with E-state index in [1.54, 1.807) is 11.8 Å². The highest BCUT2D eigenvalue weighted by Gasteiger charge is 2.51. The molecule has 0 aromatic carbocycles. The molecule has 1 aliphatic heterocycles. The molecular formula is C37H70N7O17P3S. The van der Waals surface area contributed by atoms with Crippen molar-refractivity contribution in [3.63, 3.8) is 0 Å². The monoisotopic (exact) mass is 1010 g/mol. The zero-order valence-corrected chi connectivity index (χ0v) is 41.6. The Morgan fingerprint density at radius 2 is 1.57 bits per heavy atom. The lowest BCUT2D eigenvalue weighted by Crippen LogP contribution is -2.46. The van der Waals surface area contributed by atoms with Crippen molar-refractivity contribution in [1.82, 2.24) is 30.2 Å². The molecule has 11 N–H and O–H groups in total. The smallest absolute Gasteiger partial charge is 0.390 e. The number of amides is 2. The second kappa shape index (κ2) is 27.1. The predicted molar refractivity (Wildman–Crippen MR) is 241 cm³/mol. The molecule has 376 valence electrons. The molecule has 3 heterocycles. The molecule has 1 saturated heterocycles. The van der Waals surface area contributed by atoms with E-state index in [-0.39, 0.29) is 35.9 Å². The van der Waals surface area contributed by atoms with Gasteiger partial charge in [0.15, 0.2) is 23.2 Å². The number of nitrogens with zero attached hydrogens (tertiary/aromatic N) is 4.